The van der Waals surface area contributed by atoms with Gasteiger partial charge < -0.3 is 10.1 Å². The Balaban J connectivity index is 1.39. The maximum atomic E-state index is 14.1. The first-order valence-corrected chi connectivity index (χ1v) is 17.8. The molecule has 0 spiro atoms. The number of ether oxygens (including phenoxy) is 1. The summed E-state index contributed by atoms with van der Waals surface area (Å²) in [7, 11) is 0. The Morgan fingerprint density at radius 2 is 1.57 bits per heavy atom. The van der Waals surface area contributed by atoms with Gasteiger partial charge in [0.1, 0.15) is 12.2 Å². The van der Waals surface area contributed by atoms with Crippen molar-refractivity contribution in [3.8, 4) is 5.75 Å². The summed E-state index contributed by atoms with van der Waals surface area (Å²) >= 11 is 14.1. The van der Waals surface area contributed by atoms with Crippen molar-refractivity contribution in [3.63, 3.8) is 0 Å². The first-order chi connectivity index (χ1) is 24.7. The van der Waals surface area contributed by atoms with Gasteiger partial charge in [0, 0.05) is 5.70 Å². The van der Waals surface area contributed by atoms with Crippen LogP contribution in [-0.4, -0.2) is 33.5 Å². The van der Waals surface area contributed by atoms with Gasteiger partial charge in [-0.15, -0.1) is 0 Å². The molecule has 4 aromatic carbocycles. The maximum Gasteiger partial charge on any atom is 0.285 e. The maximum absolute atomic E-state index is 14.1. The number of carbonyl (C=O) groups is 3. The van der Waals surface area contributed by atoms with E-state index in [1.165, 1.54) is 11.0 Å². The number of carbonyl (C=O) groups excluding carboxylic acids is 3. The van der Waals surface area contributed by atoms with Crippen LogP contribution >= 0.6 is 35.0 Å². The number of allylic oxidation sites excluding steroid dienone is 4. The summed E-state index contributed by atoms with van der Waals surface area (Å²) in [6.07, 6.45) is 8.00. The molecular formula is C41H35Cl2N3O4S. The van der Waals surface area contributed by atoms with Gasteiger partial charge in [-0.3, -0.25) is 19.3 Å². The van der Waals surface area contributed by atoms with Crippen molar-refractivity contribution in [1.82, 2.24) is 10.2 Å². The summed E-state index contributed by atoms with van der Waals surface area (Å²) in [4.78, 5) is 46.5. The van der Waals surface area contributed by atoms with Crippen LogP contribution in [0, 0.1) is 6.92 Å². The van der Waals surface area contributed by atoms with Gasteiger partial charge in [0.25, 0.3) is 11.8 Å². The van der Waals surface area contributed by atoms with E-state index >= 15 is 0 Å². The van der Waals surface area contributed by atoms with E-state index in [-0.39, 0.29) is 44.8 Å². The number of amidine groups is 1. The molecule has 0 saturated carbocycles. The summed E-state index contributed by atoms with van der Waals surface area (Å²) in [6, 6.07) is 29.9. The fraction of sp³-hybridized carbons (Fsp3) is 0.122. The number of nitrogens with zero attached hydrogens (tertiary/aromatic N) is 2. The Morgan fingerprint density at radius 1 is 0.961 bits per heavy atom. The van der Waals surface area contributed by atoms with Gasteiger partial charge in [-0.1, -0.05) is 150 Å². The average Bonchev–Trinajstić information content (AvgIpc) is 3.13. The Labute approximate surface area is 312 Å². The topological polar surface area (TPSA) is 88.1 Å². The Hall–Kier alpha value is -5.15. The van der Waals surface area contributed by atoms with Crippen LogP contribution in [0.3, 0.4) is 0 Å². The Morgan fingerprint density at radius 3 is 2.14 bits per heavy atom. The normalized spacial score (nSPS) is 14.3. The van der Waals surface area contributed by atoms with Crippen LogP contribution in [0.5, 0.6) is 5.75 Å². The molecule has 0 unspecified atom stereocenters. The van der Waals surface area contributed by atoms with Crippen molar-refractivity contribution in [1.29, 1.82) is 0 Å². The summed E-state index contributed by atoms with van der Waals surface area (Å²) < 4.78 is 5.91. The number of hydrogen-bond acceptors (Lipinski definition) is 5. The van der Waals surface area contributed by atoms with Crippen LogP contribution < -0.4 is 10.1 Å². The zero-order valence-electron chi connectivity index (χ0n) is 28.0. The molecule has 5 rings (SSSR count). The summed E-state index contributed by atoms with van der Waals surface area (Å²) in [5.74, 6) is -1.52. The van der Waals surface area contributed by atoms with E-state index in [1.54, 1.807) is 43.4 Å². The molecule has 0 radical (unpaired) electrons. The van der Waals surface area contributed by atoms with Crippen molar-refractivity contribution in [2.75, 3.05) is 5.75 Å². The van der Waals surface area contributed by atoms with Crippen molar-refractivity contribution in [2.45, 2.75) is 26.5 Å². The summed E-state index contributed by atoms with van der Waals surface area (Å²) in [5.41, 5.74) is 4.54. The van der Waals surface area contributed by atoms with E-state index in [9.17, 15) is 14.4 Å². The lowest BCUT2D eigenvalue weighted by Crippen LogP contribution is -2.42. The molecule has 7 nitrogen and oxygen atoms in total. The third-order valence-electron chi connectivity index (χ3n) is 7.75. The number of rotatable bonds is 12. The molecule has 51 heavy (non-hydrogen) atoms. The highest BCUT2D eigenvalue weighted by molar-refractivity contribution is 8.14. The van der Waals surface area contributed by atoms with Gasteiger partial charge in [0.2, 0.25) is 5.91 Å². The molecule has 0 aliphatic carbocycles. The molecule has 1 aliphatic heterocycles. The molecule has 1 aliphatic rings. The van der Waals surface area contributed by atoms with Crippen LogP contribution in [0.15, 0.2) is 144 Å². The van der Waals surface area contributed by atoms with Gasteiger partial charge in [0.05, 0.1) is 21.8 Å². The molecule has 1 heterocycles. The highest BCUT2D eigenvalue weighted by atomic mass is 35.5. The largest absolute Gasteiger partial charge is 0.486 e. The fourth-order valence-corrected chi connectivity index (χ4v) is 6.62. The molecule has 0 bridgehead atoms. The molecule has 10 heteroatoms. The van der Waals surface area contributed by atoms with Crippen LogP contribution in [0.2, 0.25) is 10.0 Å². The van der Waals surface area contributed by atoms with E-state index in [1.807, 2.05) is 91.9 Å². The van der Waals surface area contributed by atoms with Gasteiger partial charge in [-0.2, -0.15) is 4.99 Å². The van der Waals surface area contributed by atoms with Crippen molar-refractivity contribution < 1.29 is 19.1 Å². The summed E-state index contributed by atoms with van der Waals surface area (Å²) in [6.45, 7) is 7.73. The predicted molar refractivity (Wildman–Crippen MR) is 208 cm³/mol. The highest BCUT2D eigenvalue weighted by Gasteiger charge is 2.35. The number of thioether (sulfide) groups is 1. The van der Waals surface area contributed by atoms with Crippen LogP contribution in [0.4, 0.5) is 0 Å². The standard InChI is InChI=1S/C41H35Cl2N3O4S/c1-4-6-17-32(5-2)46-40(49)33(22-29-23-34(42)38(35(43)24-29)50-25-28-20-18-27(3)19-21-28)39(48)45-41(46)51-26-36(47)44-37(30-13-9-7-10-14-30)31-15-11-8-12-16-31/h4-24,37H,1,25-26H2,2-3H3,(H,44,47)/b17-6-,32-5+,33-22+. The second-order valence-electron chi connectivity index (χ2n) is 11.4. The lowest BCUT2D eigenvalue weighted by molar-refractivity contribution is -0.126. The third kappa shape index (κ3) is 9.55. The molecule has 3 amide bonds. The van der Waals surface area contributed by atoms with E-state index in [4.69, 9.17) is 27.9 Å². The van der Waals surface area contributed by atoms with Crippen molar-refractivity contribution >= 4 is 63.9 Å². The Bertz CT molecular complexity index is 1980. The van der Waals surface area contributed by atoms with E-state index in [0.29, 0.717) is 11.3 Å². The molecule has 0 fully saturated rings. The molecule has 258 valence electrons. The minimum Gasteiger partial charge on any atom is -0.486 e. The number of benzene rings is 4. The molecule has 0 atom stereocenters. The Kier molecular flexibility index (Phi) is 12.9. The van der Waals surface area contributed by atoms with Crippen LogP contribution in [0.1, 0.15) is 40.8 Å². The first kappa shape index (κ1) is 37.1. The van der Waals surface area contributed by atoms with Crippen LogP contribution in [-0.2, 0) is 21.0 Å². The van der Waals surface area contributed by atoms with Crippen LogP contribution in [0.25, 0.3) is 6.08 Å². The second-order valence-corrected chi connectivity index (χ2v) is 13.2. The van der Waals surface area contributed by atoms with Gasteiger partial charge in [-0.05, 0) is 60.4 Å². The number of hydrogen-bond donors (Lipinski definition) is 1. The molecule has 1 N–H and O–H groups in total. The van der Waals surface area contributed by atoms with Gasteiger partial charge in [0.15, 0.2) is 10.9 Å². The van der Waals surface area contributed by atoms with Gasteiger partial charge in [-0.25, -0.2) is 0 Å². The third-order valence-corrected chi connectivity index (χ3v) is 9.25. The molecule has 0 saturated heterocycles. The van der Waals surface area contributed by atoms with E-state index < -0.39 is 17.9 Å². The molecular weight excluding hydrogens is 701 g/mol. The zero-order valence-corrected chi connectivity index (χ0v) is 30.3. The SMILES string of the molecule is C=C/C=C\C(=C/C)N1C(=O)/C(=C/c2cc(Cl)c(OCc3ccc(C)cc3)c(Cl)c2)C(=O)N=C1SCC(=O)NC(c1ccccc1)c1ccccc1. The zero-order chi connectivity index (χ0) is 36.3. The number of nitrogens with one attached hydrogen (secondary N) is 1. The molecule has 4 aromatic rings. The lowest BCUT2D eigenvalue weighted by Gasteiger charge is -2.28. The number of halogens is 2. The smallest absolute Gasteiger partial charge is 0.285 e. The van der Waals surface area contributed by atoms with E-state index in [0.717, 1.165) is 34.0 Å². The number of aliphatic imine (C=N–C) groups is 1. The second kappa shape index (κ2) is 17.7. The quantitative estimate of drug-likeness (QED) is 0.0891. The lowest BCUT2D eigenvalue weighted by atomic mass is 9.99. The fourth-order valence-electron chi connectivity index (χ4n) is 5.20. The minimum absolute atomic E-state index is 0.0611. The van der Waals surface area contributed by atoms with Crippen molar-refractivity contribution in [3.05, 3.63) is 177 Å². The van der Waals surface area contributed by atoms with E-state index in [2.05, 4.69) is 16.9 Å². The molecule has 0 aromatic heterocycles. The minimum atomic E-state index is -0.763. The van der Waals surface area contributed by atoms with Gasteiger partial charge >= 0.3 is 0 Å². The average molecular weight is 737 g/mol. The monoisotopic (exact) mass is 735 g/mol. The predicted octanol–water partition coefficient (Wildman–Crippen LogP) is 9.27. The first-order valence-electron chi connectivity index (χ1n) is 16.0. The highest BCUT2D eigenvalue weighted by Crippen LogP contribution is 2.36. The number of amides is 3. The summed E-state index contributed by atoms with van der Waals surface area (Å²) in [5, 5.41) is 3.58. The van der Waals surface area contributed by atoms with Crippen molar-refractivity contribution in [2.24, 2.45) is 4.99 Å². The number of aryl methyl sites for hydroxylation is 1.